The number of piperidine rings is 1. The number of likely N-dealkylation sites (tertiary alicyclic amines) is 1. The van der Waals surface area contributed by atoms with E-state index in [1.54, 1.807) is 0 Å². The smallest absolute Gasteiger partial charge is 0.191 e. The Morgan fingerprint density at radius 2 is 2.00 bits per heavy atom. The summed E-state index contributed by atoms with van der Waals surface area (Å²) in [5.74, 6) is 2.67. The van der Waals surface area contributed by atoms with Crippen LogP contribution in [0.25, 0.3) is 0 Å². The summed E-state index contributed by atoms with van der Waals surface area (Å²) in [5.41, 5.74) is 1.16. The summed E-state index contributed by atoms with van der Waals surface area (Å²) in [4.78, 5) is 7.12. The van der Waals surface area contributed by atoms with Gasteiger partial charge in [-0.15, -0.1) is 0 Å². The van der Waals surface area contributed by atoms with Crippen LogP contribution >= 0.6 is 0 Å². The van der Waals surface area contributed by atoms with Crippen molar-refractivity contribution in [2.24, 2.45) is 10.9 Å². The quantitative estimate of drug-likeness (QED) is 0.553. The Hall–Kier alpha value is -1.75. The van der Waals surface area contributed by atoms with Gasteiger partial charge < -0.3 is 20.3 Å². The summed E-state index contributed by atoms with van der Waals surface area (Å²) in [6, 6.07) is 8.12. The maximum Gasteiger partial charge on any atom is 0.191 e. The van der Waals surface area contributed by atoms with Gasteiger partial charge in [0.1, 0.15) is 11.9 Å². The Balaban J connectivity index is 1.75. The van der Waals surface area contributed by atoms with Crippen molar-refractivity contribution in [1.29, 1.82) is 0 Å². The number of aryl methyl sites for hydroxylation is 1. The van der Waals surface area contributed by atoms with Crippen LogP contribution < -0.4 is 15.4 Å². The van der Waals surface area contributed by atoms with Gasteiger partial charge in [0, 0.05) is 13.1 Å². The summed E-state index contributed by atoms with van der Waals surface area (Å²) in [7, 11) is 2.21. The number of hydrogen-bond acceptors (Lipinski definition) is 3. The highest BCUT2D eigenvalue weighted by Crippen LogP contribution is 2.19. The number of aliphatic imine (C=N–C) groups is 1. The SMILES string of the molecule is CCNC(=NCC(C)Oc1ccccc1C)NCCC1CCN(C)CC1. The second-order valence-corrected chi connectivity index (χ2v) is 7.38. The average molecular weight is 361 g/mol. The number of hydrogen-bond donors (Lipinski definition) is 2. The molecule has 1 saturated heterocycles. The molecular weight excluding hydrogens is 324 g/mol. The molecule has 5 nitrogen and oxygen atoms in total. The molecular formula is C21H36N4O. The number of nitrogens with zero attached hydrogens (tertiary/aromatic N) is 2. The van der Waals surface area contributed by atoms with Crippen LogP contribution in [0.5, 0.6) is 5.75 Å². The standard InChI is InChI=1S/C21H36N4O/c1-5-22-21(23-13-10-19-11-14-25(4)15-12-19)24-16-18(3)26-20-9-7-6-8-17(20)2/h6-9,18-19H,5,10-16H2,1-4H3,(H2,22,23,24). The van der Waals surface area contributed by atoms with Crippen LogP contribution in [0, 0.1) is 12.8 Å². The van der Waals surface area contributed by atoms with Crippen molar-refractivity contribution in [3.05, 3.63) is 29.8 Å². The van der Waals surface area contributed by atoms with E-state index in [2.05, 4.69) is 49.4 Å². The zero-order valence-corrected chi connectivity index (χ0v) is 16.9. The molecule has 1 fully saturated rings. The Morgan fingerprint density at radius 1 is 1.27 bits per heavy atom. The van der Waals surface area contributed by atoms with Gasteiger partial charge in [0.2, 0.25) is 0 Å². The predicted octanol–water partition coefficient (Wildman–Crippen LogP) is 3.05. The van der Waals surface area contributed by atoms with Crippen LogP contribution in [-0.2, 0) is 0 Å². The molecule has 0 radical (unpaired) electrons. The second-order valence-electron chi connectivity index (χ2n) is 7.38. The molecule has 0 spiro atoms. The van der Waals surface area contributed by atoms with Crippen molar-refractivity contribution >= 4 is 5.96 Å². The predicted molar refractivity (Wildman–Crippen MR) is 110 cm³/mol. The molecule has 1 unspecified atom stereocenters. The third-order valence-corrected chi connectivity index (χ3v) is 4.96. The molecule has 5 heteroatoms. The van der Waals surface area contributed by atoms with Gasteiger partial charge in [-0.2, -0.15) is 0 Å². The van der Waals surface area contributed by atoms with Gasteiger partial charge in [-0.1, -0.05) is 18.2 Å². The average Bonchev–Trinajstić information content (AvgIpc) is 2.63. The van der Waals surface area contributed by atoms with Gasteiger partial charge in [0.15, 0.2) is 5.96 Å². The zero-order chi connectivity index (χ0) is 18.8. The first-order chi connectivity index (χ1) is 12.6. The van der Waals surface area contributed by atoms with Crippen LogP contribution in [0.3, 0.4) is 0 Å². The third-order valence-electron chi connectivity index (χ3n) is 4.96. The van der Waals surface area contributed by atoms with Crippen molar-refractivity contribution in [1.82, 2.24) is 15.5 Å². The molecule has 0 aliphatic carbocycles. The first-order valence-corrected chi connectivity index (χ1v) is 10.0. The van der Waals surface area contributed by atoms with Crippen LogP contribution in [0.4, 0.5) is 0 Å². The van der Waals surface area contributed by atoms with Gasteiger partial charge in [-0.3, -0.25) is 0 Å². The summed E-state index contributed by atoms with van der Waals surface area (Å²) >= 11 is 0. The fourth-order valence-electron chi connectivity index (χ4n) is 3.25. The Kier molecular flexibility index (Phi) is 8.75. The molecule has 1 aromatic rings. The van der Waals surface area contributed by atoms with E-state index in [1.165, 1.54) is 32.4 Å². The molecule has 0 saturated carbocycles. The van der Waals surface area contributed by atoms with Gasteiger partial charge in [-0.05, 0) is 77.7 Å². The topological polar surface area (TPSA) is 48.9 Å². The summed E-state index contributed by atoms with van der Waals surface area (Å²) in [6.07, 6.45) is 3.88. The fraction of sp³-hybridized carbons (Fsp3) is 0.667. The van der Waals surface area contributed by atoms with Crippen molar-refractivity contribution in [2.75, 3.05) is 39.8 Å². The monoisotopic (exact) mass is 360 g/mol. The van der Waals surface area contributed by atoms with Gasteiger partial charge >= 0.3 is 0 Å². The molecule has 1 heterocycles. The highest BCUT2D eigenvalue weighted by molar-refractivity contribution is 5.79. The lowest BCUT2D eigenvalue weighted by Crippen LogP contribution is -2.39. The molecule has 1 atom stereocenters. The number of nitrogens with one attached hydrogen (secondary N) is 2. The van der Waals surface area contributed by atoms with E-state index < -0.39 is 0 Å². The minimum atomic E-state index is 0.0421. The molecule has 0 amide bonds. The van der Waals surface area contributed by atoms with Crippen LogP contribution in [0.1, 0.15) is 38.7 Å². The summed E-state index contributed by atoms with van der Waals surface area (Å²) < 4.78 is 6.02. The lowest BCUT2D eigenvalue weighted by Gasteiger charge is -2.29. The van der Waals surface area contributed by atoms with Crippen LogP contribution in [-0.4, -0.2) is 56.7 Å². The van der Waals surface area contributed by atoms with Crippen molar-refractivity contribution < 1.29 is 4.74 Å². The van der Waals surface area contributed by atoms with Crippen LogP contribution in [0.2, 0.25) is 0 Å². The first-order valence-electron chi connectivity index (χ1n) is 10.0. The van der Waals surface area contributed by atoms with Gasteiger partial charge in [0.05, 0.1) is 6.54 Å². The summed E-state index contributed by atoms with van der Waals surface area (Å²) in [6.45, 7) is 11.2. The number of benzene rings is 1. The third kappa shape index (κ3) is 7.24. The number of rotatable bonds is 8. The normalized spacial score (nSPS) is 17.8. The Labute approximate surface area is 159 Å². The number of para-hydroxylation sites is 1. The lowest BCUT2D eigenvalue weighted by molar-refractivity contribution is 0.213. The highest BCUT2D eigenvalue weighted by Gasteiger charge is 2.16. The number of guanidine groups is 1. The highest BCUT2D eigenvalue weighted by atomic mass is 16.5. The Bertz CT molecular complexity index is 553. The molecule has 1 aliphatic heterocycles. The molecule has 1 aliphatic rings. The minimum absolute atomic E-state index is 0.0421. The summed E-state index contributed by atoms with van der Waals surface area (Å²) in [5, 5.41) is 6.81. The van der Waals surface area contributed by atoms with E-state index in [9.17, 15) is 0 Å². The molecule has 146 valence electrons. The lowest BCUT2D eigenvalue weighted by atomic mass is 9.94. The van der Waals surface area contributed by atoms with Gasteiger partial charge in [0.25, 0.3) is 0 Å². The van der Waals surface area contributed by atoms with E-state index in [1.807, 2.05) is 18.2 Å². The molecule has 2 N–H and O–H groups in total. The van der Waals surface area contributed by atoms with E-state index >= 15 is 0 Å². The van der Waals surface area contributed by atoms with E-state index in [-0.39, 0.29) is 6.10 Å². The second kappa shape index (κ2) is 11.1. The largest absolute Gasteiger partial charge is 0.489 e. The van der Waals surface area contributed by atoms with Crippen molar-refractivity contribution in [2.45, 2.75) is 46.1 Å². The van der Waals surface area contributed by atoms with Gasteiger partial charge in [-0.25, -0.2) is 4.99 Å². The van der Waals surface area contributed by atoms with E-state index in [0.29, 0.717) is 6.54 Å². The fourth-order valence-corrected chi connectivity index (χ4v) is 3.25. The van der Waals surface area contributed by atoms with E-state index in [0.717, 1.165) is 36.3 Å². The first kappa shape index (κ1) is 20.6. The molecule has 2 rings (SSSR count). The molecule has 1 aromatic carbocycles. The molecule has 26 heavy (non-hydrogen) atoms. The molecule has 0 aromatic heterocycles. The Morgan fingerprint density at radius 3 is 2.69 bits per heavy atom. The maximum atomic E-state index is 6.02. The zero-order valence-electron chi connectivity index (χ0n) is 16.9. The van der Waals surface area contributed by atoms with Crippen molar-refractivity contribution in [3.8, 4) is 5.75 Å². The minimum Gasteiger partial charge on any atom is -0.489 e. The molecule has 0 bridgehead atoms. The maximum absolute atomic E-state index is 6.02. The van der Waals surface area contributed by atoms with Crippen molar-refractivity contribution in [3.63, 3.8) is 0 Å². The number of ether oxygens (including phenoxy) is 1. The van der Waals surface area contributed by atoms with Crippen LogP contribution in [0.15, 0.2) is 29.3 Å². The van der Waals surface area contributed by atoms with E-state index in [4.69, 9.17) is 9.73 Å².